The van der Waals surface area contributed by atoms with Gasteiger partial charge in [-0.1, -0.05) is 12.1 Å². The number of carbonyl (C=O) groups excluding carboxylic acids is 2. The van der Waals surface area contributed by atoms with E-state index in [1.807, 2.05) is 0 Å². The number of hydrogen-bond acceptors (Lipinski definition) is 3. The standard InChI is InChI=1S/C14H19N3O4/c15-12(18)3-1-2-8-16-14(21)17-11-6-4-10(5-7-11)9-13(19)20/h4-7H,1-3,8-9H2,(H2,15,18)(H,19,20)(H2,16,17,21). The van der Waals surface area contributed by atoms with E-state index in [-0.39, 0.29) is 18.4 Å². The molecule has 1 aromatic carbocycles. The van der Waals surface area contributed by atoms with E-state index in [0.29, 0.717) is 37.1 Å². The Morgan fingerprint density at radius 2 is 1.76 bits per heavy atom. The summed E-state index contributed by atoms with van der Waals surface area (Å²) in [6, 6.07) is 6.24. The Hall–Kier alpha value is -2.57. The van der Waals surface area contributed by atoms with E-state index in [1.54, 1.807) is 24.3 Å². The van der Waals surface area contributed by atoms with E-state index >= 15 is 0 Å². The Bertz CT molecular complexity index is 499. The highest BCUT2D eigenvalue weighted by Gasteiger charge is 2.03. The van der Waals surface area contributed by atoms with Gasteiger partial charge < -0.3 is 21.5 Å². The summed E-state index contributed by atoms with van der Waals surface area (Å²) < 4.78 is 0. The molecule has 5 N–H and O–H groups in total. The molecule has 0 saturated heterocycles. The van der Waals surface area contributed by atoms with Crippen molar-refractivity contribution in [1.82, 2.24) is 5.32 Å². The number of benzene rings is 1. The van der Waals surface area contributed by atoms with Gasteiger partial charge in [0.25, 0.3) is 0 Å². The zero-order chi connectivity index (χ0) is 15.7. The molecule has 21 heavy (non-hydrogen) atoms. The summed E-state index contributed by atoms with van der Waals surface area (Å²) in [5.74, 6) is -1.25. The molecule has 3 amide bonds. The van der Waals surface area contributed by atoms with Crippen LogP contribution in [0.5, 0.6) is 0 Å². The number of unbranched alkanes of at least 4 members (excludes halogenated alkanes) is 1. The molecule has 0 bridgehead atoms. The van der Waals surface area contributed by atoms with Gasteiger partial charge in [-0.3, -0.25) is 9.59 Å². The second kappa shape index (κ2) is 8.57. The van der Waals surface area contributed by atoms with Crippen molar-refractivity contribution in [3.05, 3.63) is 29.8 Å². The molecule has 0 aliphatic rings. The minimum atomic E-state index is -0.899. The maximum Gasteiger partial charge on any atom is 0.319 e. The molecule has 0 saturated carbocycles. The molecular weight excluding hydrogens is 274 g/mol. The number of nitrogens with two attached hydrogens (primary N) is 1. The smallest absolute Gasteiger partial charge is 0.319 e. The van der Waals surface area contributed by atoms with Crippen LogP contribution in [-0.2, 0) is 16.0 Å². The van der Waals surface area contributed by atoms with E-state index < -0.39 is 5.97 Å². The molecule has 0 radical (unpaired) electrons. The Kier molecular flexibility index (Phi) is 6.73. The zero-order valence-electron chi connectivity index (χ0n) is 11.6. The molecule has 0 aliphatic carbocycles. The van der Waals surface area contributed by atoms with Gasteiger partial charge in [0, 0.05) is 18.7 Å². The van der Waals surface area contributed by atoms with Crippen LogP contribution in [0, 0.1) is 0 Å². The van der Waals surface area contributed by atoms with Crippen LogP contribution in [0.2, 0.25) is 0 Å². The first-order valence-electron chi connectivity index (χ1n) is 6.61. The van der Waals surface area contributed by atoms with Gasteiger partial charge in [-0.15, -0.1) is 0 Å². The van der Waals surface area contributed by atoms with Gasteiger partial charge >= 0.3 is 12.0 Å². The van der Waals surface area contributed by atoms with Gasteiger partial charge in [0.15, 0.2) is 0 Å². The lowest BCUT2D eigenvalue weighted by molar-refractivity contribution is -0.136. The van der Waals surface area contributed by atoms with Crippen molar-refractivity contribution in [2.45, 2.75) is 25.7 Å². The van der Waals surface area contributed by atoms with Crippen LogP contribution in [0.25, 0.3) is 0 Å². The number of aliphatic carboxylic acids is 1. The lowest BCUT2D eigenvalue weighted by atomic mass is 10.1. The fourth-order valence-electron chi connectivity index (χ4n) is 1.68. The predicted octanol–water partition coefficient (Wildman–Crippen LogP) is 1.09. The van der Waals surface area contributed by atoms with Crippen LogP contribution >= 0.6 is 0 Å². The topological polar surface area (TPSA) is 122 Å². The minimum absolute atomic E-state index is 0.0493. The van der Waals surface area contributed by atoms with Crippen molar-refractivity contribution >= 4 is 23.6 Å². The maximum atomic E-state index is 11.6. The number of urea groups is 1. The summed E-state index contributed by atoms with van der Waals surface area (Å²) in [6.07, 6.45) is 1.58. The Morgan fingerprint density at radius 3 is 2.33 bits per heavy atom. The Morgan fingerprint density at radius 1 is 1.10 bits per heavy atom. The molecule has 7 heteroatoms. The van der Waals surface area contributed by atoms with Gasteiger partial charge in [0.1, 0.15) is 0 Å². The van der Waals surface area contributed by atoms with E-state index in [4.69, 9.17) is 10.8 Å². The molecule has 1 aromatic rings. The van der Waals surface area contributed by atoms with E-state index in [0.717, 1.165) is 0 Å². The van der Waals surface area contributed by atoms with Crippen molar-refractivity contribution in [3.63, 3.8) is 0 Å². The molecule has 0 unspecified atom stereocenters. The van der Waals surface area contributed by atoms with Crippen molar-refractivity contribution in [1.29, 1.82) is 0 Å². The highest BCUT2D eigenvalue weighted by Crippen LogP contribution is 2.09. The first-order chi connectivity index (χ1) is 9.97. The second-order valence-electron chi connectivity index (χ2n) is 4.57. The molecule has 0 aliphatic heterocycles. The summed E-state index contributed by atoms with van der Waals surface area (Å²) in [5, 5.41) is 13.9. The van der Waals surface area contributed by atoms with Crippen molar-refractivity contribution in [2.24, 2.45) is 5.73 Å². The number of primary amides is 1. The summed E-state index contributed by atoms with van der Waals surface area (Å²) in [6.45, 7) is 0.455. The molecule has 0 spiro atoms. The zero-order valence-corrected chi connectivity index (χ0v) is 11.6. The van der Waals surface area contributed by atoms with Gasteiger partial charge in [-0.2, -0.15) is 0 Å². The third-order valence-corrected chi connectivity index (χ3v) is 2.70. The minimum Gasteiger partial charge on any atom is -0.481 e. The molecule has 7 nitrogen and oxygen atoms in total. The van der Waals surface area contributed by atoms with Gasteiger partial charge in [-0.25, -0.2) is 4.79 Å². The van der Waals surface area contributed by atoms with Crippen LogP contribution in [0.1, 0.15) is 24.8 Å². The van der Waals surface area contributed by atoms with Crippen LogP contribution < -0.4 is 16.4 Å². The van der Waals surface area contributed by atoms with E-state index in [2.05, 4.69) is 10.6 Å². The lowest BCUT2D eigenvalue weighted by Gasteiger charge is -2.08. The normalized spacial score (nSPS) is 9.90. The summed E-state index contributed by atoms with van der Waals surface area (Å²) in [4.78, 5) is 32.6. The number of nitrogens with one attached hydrogen (secondary N) is 2. The van der Waals surface area contributed by atoms with Gasteiger partial charge in [0.05, 0.1) is 6.42 Å². The Balaban J connectivity index is 2.27. The first kappa shape index (κ1) is 16.5. The Labute approximate surface area is 122 Å². The van der Waals surface area contributed by atoms with Crippen molar-refractivity contribution in [2.75, 3.05) is 11.9 Å². The molecule has 1 rings (SSSR count). The molecule has 114 valence electrons. The van der Waals surface area contributed by atoms with E-state index in [9.17, 15) is 14.4 Å². The number of carboxylic acids is 1. The predicted molar refractivity (Wildman–Crippen MR) is 77.8 cm³/mol. The monoisotopic (exact) mass is 293 g/mol. The highest BCUT2D eigenvalue weighted by molar-refractivity contribution is 5.89. The van der Waals surface area contributed by atoms with Crippen molar-refractivity contribution < 1.29 is 19.5 Å². The third-order valence-electron chi connectivity index (χ3n) is 2.70. The van der Waals surface area contributed by atoms with Gasteiger partial charge in [0.2, 0.25) is 5.91 Å². The first-order valence-corrected chi connectivity index (χ1v) is 6.61. The third kappa shape index (κ3) is 7.56. The number of anilines is 1. The molecular formula is C14H19N3O4. The SMILES string of the molecule is NC(=O)CCCCNC(=O)Nc1ccc(CC(=O)O)cc1. The average molecular weight is 293 g/mol. The molecule has 0 aromatic heterocycles. The van der Waals surface area contributed by atoms with Crippen LogP contribution in [0.3, 0.4) is 0 Å². The van der Waals surface area contributed by atoms with Crippen LogP contribution in [0.4, 0.5) is 10.5 Å². The van der Waals surface area contributed by atoms with Crippen molar-refractivity contribution in [3.8, 4) is 0 Å². The van der Waals surface area contributed by atoms with Crippen LogP contribution in [-0.4, -0.2) is 29.6 Å². The quantitative estimate of drug-likeness (QED) is 0.536. The molecule has 0 atom stereocenters. The van der Waals surface area contributed by atoms with Crippen LogP contribution in [0.15, 0.2) is 24.3 Å². The number of carbonyl (C=O) groups is 3. The fourth-order valence-corrected chi connectivity index (χ4v) is 1.68. The fraction of sp³-hybridized carbons (Fsp3) is 0.357. The number of carboxylic acid groups (broad SMARTS) is 1. The van der Waals surface area contributed by atoms with Gasteiger partial charge in [-0.05, 0) is 30.5 Å². The summed E-state index contributed by atoms with van der Waals surface area (Å²) >= 11 is 0. The average Bonchev–Trinajstić information content (AvgIpc) is 2.39. The molecule has 0 fully saturated rings. The maximum absolute atomic E-state index is 11.6. The number of rotatable bonds is 8. The second-order valence-corrected chi connectivity index (χ2v) is 4.57. The lowest BCUT2D eigenvalue weighted by Crippen LogP contribution is -2.29. The number of hydrogen-bond donors (Lipinski definition) is 4. The van der Waals surface area contributed by atoms with E-state index in [1.165, 1.54) is 0 Å². The largest absolute Gasteiger partial charge is 0.481 e. The molecule has 0 heterocycles. The number of amides is 3. The highest BCUT2D eigenvalue weighted by atomic mass is 16.4. The summed E-state index contributed by atoms with van der Waals surface area (Å²) in [5.41, 5.74) is 6.25. The summed E-state index contributed by atoms with van der Waals surface area (Å²) in [7, 11) is 0.